The molecule has 0 radical (unpaired) electrons. The Morgan fingerprint density at radius 1 is 1.00 bits per heavy atom. The van der Waals surface area contributed by atoms with E-state index in [1.807, 2.05) is 0 Å². The lowest BCUT2D eigenvalue weighted by Crippen LogP contribution is -2.04. The first kappa shape index (κ1) is 24.6. The first-order chi connectivity index (χ1) is 7.65. The number of aliphatic hydroxyl groups is 2. The van der Waals surface area contributed by atoms with Crippen LogP contribution in [-0.4, -0.2) is 40.9 Å². The molecule has 0 atom stereocenters. The van der Waals surface area contributed by atoms with Crippen LogP contribution in [-0.2, 0) is 14.4 Å². The number of nitrogens with two attached hydrogens (primary N) is 1. The summed E-state index contributed by atoms with van der Waals surface area (Å²) < 4.78 is 0. The van der Waals surface area contributed by atoms with E-state index in [0.717, 1.165) is 6.08 Å². The summed E-state index contributed by atoms with van der Waals surface area (Å²) in [6.07, 6.45) is 1.06. The van der Waals surface area contributed by atoms with Gasteiger partial charge in [-0.25, -0.2) is 0 Å². The molecular weight excluding hydrogens is 226 g/mol. The molecule has 0 aromatic carbocycles. The maximum absolute atomic E-state index is 9.47. The molecule has 0 fully saturated rings. The monoisotopic (exact) mass is 249 g/mol. The summed E-state index contributed by atoms with van der Waals surface area (Å²) in [6, 6.07) is 0. The normalized spacial score (nSPS) is 6.71. The minimum Gasteiger partial charge on any atom is -0.394 e. The number of carbonyl (C=O) groups is 3. The third-order valence-corrected chi connectivity index (χ3v) is 0.301. The van der Waals surface area contributed by atoms with Crippen molar-refractivity contribution in [1.29, 1.82) is 0 Å². The van der Waals surface area contributed by atoms with Crippen LogP contribution in [0.2, 0.25) is 0 Å². The number of aliphatic hydroxyl groups excluding tert-OH is 2. The molecule has 0 aromatic rings. The van der Waals surface area contributed by atoms with E-state index in [0.29, 0.717) is 0 Å². The molecule has 0 aromatic heterocycles. The van der Waals surface area contributed by atoms with Gasteiger partial charge in [0.05, 0.1) is 13.2 Å². The van der Waals surface area contributed by atoms with Gasteiger partial charge in [0.2, 0.25) is 5.91 Å². The van der Waals surface area contributed by atoms with Crippen molar-refractivity contribution >= 4 is 17.5 Å². The van der Waals surface area contributed by atoms with Crippen molar-refractivity contribution in [2.24, 2.45) is 5.73 Å². The lowest BCUT2D eigenvalue weighted by Gasteiger charge is -1.70. The highest BCUT2D eigenvalue weighted by Gasteiger charge is 1.69. The van der Waals surface area contributed by atoms with Gasteiger partial charge in [0.25, 0.3) is 0 Å². The molecule has 0 bridgehead atoms. The number of primary amides is 1. The first-order valence-electron chi connectivity index (χ1n) is 4.73. The van der Waals surface area contributed by atoms with E-state index >= 15 is 0 Å². The molecule has 0 saturated heterocycles. The van der Waals surface area contributed by atoms with Crippen molar-refractivity contribution in [3.05, 3.63) is 12.7 Å². The van der Waals surface area contributed by atoms with Crippen molar-refractivity contribution in [1.82, 2.24) is 0 Å². The largest absolute Gasteiger partial charge is 0.394 e. The number of Topliss-reactive ketones (excluding diaryl/α,β-unsaturated/α-hetero) is 2. The molecule has 102 valence electrons. The van der Waals surface area contributed by atoms with E-state index < -0.39 is 5.91 Å². The highest BCUT2D eigenvalue weighted by atomic mass is 16.3. The van der Waals surface area contributed by atoms with E-state index in [1.165, 1.54) is 27.7 Å². The highest BCUT2D eigenvalue weighted by molar-refractivity contribution is 5.84. The number of carbonyl (C=O) groups excluding carboxylic acids is 3. The molecule has 1 amide bonds. The van der Waals surface area contributed by atoms with E-state index in [9.17, 15) is 14.4 Å². The first-order valence-corrected chi connectivity index (χ1v) is 4.73. The number of rotatable bonds is 2. The second-order valence-corrected chi connectivity index (χ2v) is 2.87. The smallest absolute Gasteiger partial charge is 0.240 e. The summed E-state index contributed by atoms with van der Waals surface area (Å²) in [4.78, 5) is 28.4. The molecule has 6 nitrogen and oxygen atoms in total. The average molecular weight is 249 g/mol. The number of amides is 1. The van der Waals surface area contributed by atoms with Gasteiger partial charge in [0, 0.05) is 0 Å². The topological polar surface area (TPSA) is 118 Å². The zero-order valence-corrected chi connectivity index (χ0v) is 10.9. The standard InChI is InChI=1S/C3H5NO.2C3H6O.C2H6O2/c1-2-3(4)5;2*1-3(2)4;3-1-2-4/h2H,1H2,(H2,4,5);2*1-2H3;3-4H,1-2H2. The van der Waals surface area contributed by atoms with Crippen LogP contribution in [0.15, 0.2) is 12.7 Å². The fourth-order valence-corrected chi connectivity index (χ4v) is 0. The van der Waals surface area contributed by atoms with Gasteiger partial charge in [0.1, 0.15) is 11.6 Å². The van der Waals surface area contributed by atoms with Crippen molar-refractivity contribution < 1.29 is 24.6 Å². The summed E-state index contributed by atoms with van der Waals surface area (Å²) in [5.74, 6) is -0.148. The predicted octanol–water partition coefficient (Wildman–Crippen LogP) is -0.181. The maximum atomic E-state index is 9.47. The Bertz CT molecular complexity index is 192. The molecular formula is C11H23NO5. The quantitative estimate of drug-likeness (QED) is 0.587. The van der Waals surface area contributed by atoms with Gasteiger partial charge in [-0.05, 0) is 33.8 Å². The van der Waals surface area contributed by atoms with Gasteiger partial charge >= 0.3 is 0 Å². The van der Waals surface area contributed by atoms with Gasteiger partial charge in [-0.2, -0.15) is 0 Å². The van der Waals surface area contributed by atoms with Crippen molar-refractivity contribution in [3.63, 3.8) is 0 Å². The Morgan fingerprint density at radius 3 is 1.12 bits per heavy atom. The van der Waals surface area contributed by atoms with Gasteiger partial charge < -0.3 is 25.5 Å². The number of hydrogen-bond donors (Lipinski definition) is 3. The molecule has 0 aliphatic carbocycles. The molecule has 0 saturated carbocycles. The Morgan fingerprint density at radius 2 is 1.12 bits per heavy atom. The van der Waals surface area contributed by atoms with Crippen molar-refractivity contribution in [3.8, 4) is 0 Å². The van der Waals surface area contributed by atoms with E-state index in [1.54, 1.807) is 0 Å². The van der Waals surface area contributed by atoms with Crippen LogP contribution in [0.25, 0.3) is 0 Å². The maximum Gasteiger partial charge on any atom is 0.240 e. The van der Waals surface area contributed by atoms with Crippen molar-refractivity contribution in [2.45, 2.75) is 27.7 Å². The Labute approximate surface area is 102 Å². The Hall–Kier alpha value is -1.53. The van der Waals surface area contributed by atoms with Crippen LogP contribution >= 0.6 is 0 Å². The third-order valence-electron chi connectivity index (χ3n) is 0.301. The highest BCUT2D eigenvalue weighted by Crippen LogP contribution is 1.51. The summed E-state index contributed by atoms with van der Waals surface area (Å²) >= 11 is 0. The zero-order valence-electron chi connectivity index (χ0n) is 10.9. The SMILES string of the molecule is C=CC(N)=O.CC(C)=O.CC(C)=O.OCCO. The van der Waals surface area contributed by atoms with E-state index in [2.05, 4.69) is 12.3 Å². The summed E-state index contributed by atoms with van der Waals surface area (Å²) in [5.41, 5.74) is 4.53. The predicted molar refractivity (Wildman–Crippen MR) is 66.3 cm³/mol. The van der Waals surface area contributed by atoms with Crippen molar-refractivity contribution in [2.75, 3.05) is 13.2 Å². The second-order valence-electron chi connectivity index (χ2n) is 2.87. The summed E-state index contributed by atoms with van der Waals surface area (Å²) in [5, 5.41) is 15.2. The minimum atomic E-state index is -0.481. The van der Waals surface area contributed by atoms with Crippen LogP contribution in [0.1, 0.15) is 27.7 Å². The average Bonchev–Trinajstić information content (AvgIpc) is 2.16. The molecule has 17 heavy (non-hydrogen) atoms. The molecule has 0 spiro atoms. The number of hydrogen-bond acceptors (Lipinski definition) is 5. The third kappa shape index (κ3) is 1040. The van der Waals surface area contributed by atoms with Gasteiger partial charge in [-0.1, -0.05) is 6.58 Å². The second kappa shape index (κ2) is 24.0. The molecule has 0 aliphatic heterocycles. The van der Waals surface area contributed by atoms with Gasteiger partial charge in [0.15, 0.2) is 0 Å². The lowest BCUT2D eigenvalue weighted by molar-refractivity contribution is -0.115. The van der Waals surface area contributed by atoms with Crippen LogP contribution in [0.5, 0.6) is 0 Å². The minimum absolute atomic E-state index is 0.125. The summed E-state index contributed by atoms with van der Waals surface area (Å²) in [7, 11) is 0. The van der Waals surface area contributed by atoms with Crippen LogP contribution in [0, 0.1) is 0 Å². The fraction of sp³-hybridized carbons (Fsp3) is 0.545. The summed E-state index contributed by atoms with van der Waals surface area (Å²) in [6.45, 7) is 8.95. The van der Waals surface area contributed by atoms with Crippen LogP contribution in [0.4, 0.5) is 0 Å². The molecule has 4 N–H and O–H groups in total. The molecule has 0 heterocycles. The molecule has 0 rings (SSSR count). The fourth-order valence-electron chi connectivity index (χ4n) is 0. The number of ketones is 2. The van der Waals surface area contributed by atoms with Crippen LogP contribution < -0.4 is 5.73 Å². The Kier molecular flexibility index (Phi) is 34.7. The molecule has 0 aliphatic rings. The van der Waals surface area contributed by atoms with Gasteiger partial charge in [-0.3, -0.25) is 4.79 Å². The Balaban J connectivity index is -0.0000000667. The zero-order chi connectivity index (χ0) is 14.9. The van der Waals surface area contributed by atoms with E-state index in [-0.39, 0.29) is 24.8 Å². The molecule has 6 heteroatoms. The lowest BCUT2D eigenvalue weighted by atomic mass is 10.6. The van der Waals surface area contributed by atoms with Crippen LogP contribution in [0.3, 0.4) is 0 Å². The van der Waals surface area contributed by atoms with Gasteiger partial charge in [-0.15, -0.1) is 0 Å². The molecule has 0 unspecified atom stereocenters. The van der Waals surface area contributed by atoms with E-state index in [4.69, 9.17) is 10.2 Å².